The first-order valence-corrected chi connectivity index (χ1v) is 22.8. The van der Waals surface area contributed by atoms with Gasteiger partial charge < -0.3 is 9.13 Å². The topological polar surface area (TPSA) is 74.3 Å². The Bertz CT molecular complexity index is 3840. The molecular formula is C61H39N7. The minimum absolute atomic E-state index is 0.529. The van der Waals surface area contributed by atoms with Gasteiger partial charge in [0.1, 0.15) is 0 Å². The number of hydrogen-bond acceptors (Lipinski definition) is 5. The number of hydrogen-bond donors (Lipinski definition) is 0. The molecule has 0 aliphatic heterocycles. The van der Waals surface area contributed by atoms with Crippen LogP contribution in [0.15, 0.2) is 237 Å². The summed E-state index contributed by atoms with van der Waals surface area (Å²) >= 11 is 0. The zero-order valence-corrected chi connectivity index (χ0v) is 36.6. The Kier molecular flexibility index (Phi) is 9.35. The molecule has 13 rings (SSSR count). The van der Waals surface area contributed by atoms with E-state index >= 15 is 0 Å². The molecule has 0 bridgehead atoms. The molecule has 0 saturated heterocycles. The third-order valence-electron chi connectivity index (χ3n) is 12.8. The first-order chi connectivity index (χ1) is 33.7. The van der Waals surface area contributed by atoms with Gasteiger partial charge in [0.15, 0.2) is 23.3 Å². The second-order valence-electron chi connectivity index (χ2n) is 16.9. The molecule has 0 atom stereocenters. The fourth-order valence-electron chi connectivity index (χ4n) is 9.63. The fourth-order valence-corrected chi connectivity index (χ4v) is 9.63. The molecule has 68 heavy (non-hydrogen) atoms. The summed E-state index contributed by atoms with van der Waals surface area (Å²) < 4.78 is 4.74. The van der Waals surface area contributed by atoms with Crippen molar-refractivity contribution in [3.05, 3.63) is 237 Å². The van der Waals surface area contributed by atoms with Gasteiger partial charge in [-0.2, -0.15) is 0 Å². The number of aromatic nitrogens is 7. The monoisotopic (exact) mass is 869 g/mol. The highest BCUT2D eigenvalue weighted by atomic mass is 15.1. The lowest BCUT2D eigenvalue weighted by Gasteiger charge is -2.17. The minimum Gasteiger partial charge on any atom is -0.309 e. The Balaban J connectivity index is 1.11. The molecule has 0 saturated carbocycles. The van der Waals surface area contributed by atoms with E-state index in [4.69, 9.17) is 24.9 Å². The molecule has 0 N–H and O–H groups in total. The summed E-state index contributed by atoms with van der Waals surface area (Å²) in [6, 6.07) is 82.1. The van der Waals surface area contributed by atoms with Crippen LogP contribution in [0.1, 0.15) is 0 Å². The van der Waals surface area contributed by atoms with Crippen LogP contribution in [0.2, 0.25) is 0 Å². The Labute approximate surface area is 392 Å². The van der Waals surface area contributed by atoms with Crippen molar-refractivity contribution in [2.45, 2.75) is 0 Å². The highest BCUT2D eigenvalue weighted by Gasteiger charge is 2.23. The van der Waals surface area contributed by atoms with Crippen LogP contribution in [0.3, 0.4) is 0 Å². The van der Waals surface area contributed by atoms with E-state index in [-0.39, 0.29) is 0 Å². The van der Waals surface area contributed by atoms with Gasteiger partial charge >= 0.3 is 0 Å². The molecule has 7 nitrogen and oxygen atoms in total. The van der Waals surface area contributed by atoms with Gasteiger partial charge in [-0.3, -0.25) is 0 Å². The number of rotatable bonds is 8. The highest BCUT2D eigenvalue weighted by Crippen LogP contribution is 2.40. The van der Waals surface area contributed by atoms with E-state index in [2.05, 4.69) is 149 Å². The molecule has 7 heteroatoms. The van der Waals surface area contributed by atoms with Crippen LogP contribution >= 0.6 is 0 Å². The lowest BCUT2D eigenvalue weighted by atomic mass is 10.0. The number of para-hydroxylation sites is 3. The average Bonchev–Trinajstić information content (AvgIpc) is 3.94. The van der Waals surface area contributed by atoms with Crippen LogP contribution in [0.5, 0.6) is 0 Å². The van der Waals surface area contributed by atoms with Crippen LogP contribution in [0.4, 0.5) is 0 Å². The maximum atomic E-state index is 5.34. The van der Waals surface area contributed by atoms with E-state index < -0.39 is 0 Å². The van der Waals surface area contributed by atoms with Crippen molar-refractivity contribution in [3.8, 4) is 79.4 Å². The Hall–Kier alpha value is -9.33. The summed E-state index contributed by atoms with van der Waals surface area (Å²) in [7, 11) is 0. The van der Waals surface area contributed by atoms with Gasteiger partial charge in [0.05, 0.1) is 39.1 Å². The van der Waals surface area contributed by atoms with E-state index in [0.29, 0.717) is 23.3 Å². The summed E-state index contributed by atoms with van der Waals surface area (Å²) in [4.78, 5) is 26.3. The Morgan fingerprint density at radius 2 is 0.662 bits per heavy atom. The lowest BCUT2D eigenvalue weighted by Crippen LogP contribution is -2.05. The Morgan fingerprint density at radius 3 is 1.18 bits per heavy atom. The SMILES string of the molecule is c1ccc(-c2cc(-c3ccccc3)nc(-c3ccc(-n4c5ccccc5c5ccc(-n6c7ccccc7c7ccccc76)cc54)c(-c4nc(-c5ccccc5)nc(-c5ccccc5)n4)c3)n2)cc1. The predicted molar refractivity (Wildman–Crippen MR) is 277 cm³/mol. The maximum absolute atomic E-state index is 5.34. The van der Waals surface area contributed by atoms with Crippen molar-refractivity contribution in [2.75, 3.05) is 0 Å². The van der Waals surface area contributed by atoms with E-state index in [1.165, 1.54) is 10.8 Å². The quantitative estimate of drug-likeness (QED) is 0.152. The van der Waals surface area contributed by atoms with Crippen molar-refractivity contribution >= 4 is 43.6 Å². The normalized spacial score (nSPS) is 11.5. The molecule has 318 valence electrons. The smallest absolute Gasteiger partial charge is 0.166 e. The second kappa shape index (κ2) is 16.3. The van der Waals surface area contributed by atoms with Gasteiger partial charge in [0, 0.05) is 60.6 Å². The van der Waals surface area contributed by atoms with Gasteiger partial charge in [-0.05, 0) is 54.6 Å². The zero-order valence-electron chi connectivity index (χ0n) is 36.6. The lowest BCUT2D eigenvalue weighted by molar-refractivity contribution is 1.06. The van der Waals surface area contributed by atoms with Gasteiger partial charge in [-0.15, -0.1) is 0 Å². The molecule has 0 radical (unpaired) electrons. The summed E-state index contributed by atoms with van der Waals surface area (Å²) in [6.45, 7) is 0. The highest BCUT2D eigenvalue weighted by molar-refractivity contribution is 6.12. The minimum atomic E-state index is 0.529. The summed E-state index contributed by atoms with van der Waals surface area (Å²) in [5.74, 6) is 2.28. The molecule has 4 heterocycles. The summed E-state index contributed by atoms with van der Waals surface area (Å²) in [5, 5.41) is 4.71. The molecule has 0 amide bonds. The third-order valence-corrected chi connectivity index (χ3v) is 12.8. The molecule has 0 aliphatic carbocycles. The molecule has 0 spiro atoms. The van der Waals surface area contributed by atoms with Crippen molar-refractivity contribution in [1.29, 1.82) is 0 Å². The molecule has 9 aromatic carbocycles. The number of fused-ring (bicyclic) bond motifs is 6. The molecule has 4 aromatic heterocycles. The van der Waals surface area contributed by atoms with Crippen molar-refractivity contribution < 1.29 is 0 Å². The second-order valence-corrected chi connectivity index (χ2v) is 16.9. The number of benzene rings is 9. The Morgan fingerprint density at radius 1 is 0.250 bits per heavy atom. The first-order valence-electron chi connectivity index (χ1n) is 22.8. The van der Waals surface area contributed by atoms with E-state index in [9.17, 15) is 0 Å². The first kappa shape index (κ1) is 39.1. The van der Waals surface area contributed by atoms with Crippen LogP contribution in [-0.4, -0.2) is 34.1 Å². The predicted octanol–water partition coefficient (Wildman–Crippen LogP) is 14.9. The third kappa shape index (κ3) is 6.72. The standard InChI is InChI=1S/C61H39N7/c1-5-19-40(20-6-1)51-39-52(41-21-7-2-8-22-41)63-60(62-51)44-33-36-56(50(37-44)61-65-58(42-23-9-3-10-24-42)64-59(66-61)43-25-11-4-12-26-43)68-55-32-18-15-29-48(55)49-35-34-45(38-57(49)68)67-53-30-16-13-27-46(53)47-28-14-17-31-54(47)67/h1-39H. The zero-order chi connectivity index (χ0) is 45.0. The maximum Gasteiger partial charge on any atom is 0.166 e. The van der Waals surface area contributed by atoms with E-state index in [1.807, 2.05) is 97.1 Å². The van der Waals surface area contributed by atoms with Crippen LogP contribution in [-0.2, 0) is 0 Å². The van der Waals surface area contributed by atoms with Crippen LogP contribution < -0.4 is 0 Å². The largest absolute Gasteiger partial charge is 0.309 e. The fraction of sp³-hybridized carbons (Fsp3) is 0. The summed E-state index contributed by atoms with van der Waals surface area (Å²) in [6.07, 6.45) is 0. The van der Waals surface area contributed by atoms with Crippen LogP contribution in [0, 0.1) is 0 Å². The average molecular weight is 870 g/mol. The van der Waals surface area contributed by atoms with Crippen molar-refractivity contribution in [1.82, 2.24) is 34.1 Å². The molecule has 0 fully saturated rings. The molecular weight excluding hydrogens is 831 g/mol. The molecule has 13 aromatic rings. The van der Waals surface area contributed by atoms with Crippen molar-refractivity contribution in [2.24, 2.45) is 0 Å². The van der Waals surface area contributed by atoms with Gasteiger partial charge in [0.2, 0.25) is 0 Å². The van der Waals surface area contributed by atoms with Gasteiger partial charge in [0.25, 0.3) is 0 Å². The molecule has 0 aliphatic rings. The van der Waals surface area contributed by atoms with Gasteiger partial charge in [-0.25, -0.2) is 24.9 Å². The summed E-state index contributed by atoms with van der Waals surface area (Å²) in [5.41, 5.74) is 13.5. The van der Waals surface area contributed by atoms with E-state index in [0.717, 1.165) is 89.0 Å². The van der Waals surface area contributed by atoms with Crippen LogP contribution in [0.25, 0.3) is 123 Å². The van der Waals surface area contributed by atoms with Gasteiger partial charge in [-0.1, -0.05) is 182 Å². The van der Waals surface area contributed by atoms with E-state index in [1.54, 1.807) is 0 Å². The van der Waals surface area contributed by atoms with Crippen molar-refractivity contribution in [3.63, 3.8) is 0 Å². The molecule has 0 unspecified atom stereocenters. The number of nitrogens with zero attached hydrogens (tertiary/aromatic N) is 7.